The molecule has 0 radical (unpaired) electrons. The van der Waals surface area contributed by atoms with Crippen molar-refractivity contribution in [3.8, 4) is 0 Å². The van der Waals surface area contributed by atoms with Crippen LogP contribution in [0.2, 0.25) is 0 Å². The summed E-state index contributed by atoms with van der Waals surface area (Å²) in [5, 5.41) is 7.12. The highest BCUT2D eigenvalue weighted by Crippen LogP contribution is 2.13. The average molecular weight is 199 g/mol. The lowest BCUT2D eigenvalue weighted by atomic mass is 10.4. The summed E-state index contributed by atoms with van der Waals surface area (Å²) in [6.07, 6.45) is -2.26. The molecule has 1 rings (SSSR count). The Balaban J connectivity index is 0.000000223. The molecule has 0 saturated carbocycles. The van der Waals surface area contributed by atoms with Gasteiger partial charge >= 0.3 is 12.1 Å². The number of halogens is 3. The largest absolute Gasteiger partial charge is 0.490 e. The standard InChI is InChI=1S/C5H11N.C2HF3O2/c1-6-4-2-3-5-6;3-2(4,5)1(6)7/h2-5H2,1H3;(H,6,7). The zero-order valence-corrected chi connectivity index (χ0v) is 7.26. The van der Waals surface area contributed by atoms with Gasteiger partial charge in [0.2, 0.25) is 0 Å². The van der Waals surface area contributed by atoms with Crippen molar-refractivity contribution >= 4 is 5.97 Å². The maximum atomic E-state index is 10.6. The van der Waals surface area contributed by atoms with Gasteiger partial charge in [0.25, 0.3) is 0 Å². The fourth-order valence-electron chi connectivity index (χ4n) is 0.875. The van der Waals surface area contributed by atoms with Crippen molar-refractivity contribution in [3.05, 3.63) is 0 Å². The number of likely N-dealkylation sites (tertiary alicyclic amines) is 1. The summed E-state index contributed by atoms with van der Waals surface area (Å²) in [4.78, 5) is 11.3. The number of carboxylic acids is 1. The molecule has 0 aromatic heterocycles. The van der Waals surface area contributed by atoms with Crippen LogP contribution < -0.4 is 0 Å². The number of hydrogen-bond acceptors (Lipinski definition) is 2. The first-order chi connectivity index (χ1) is 5.84. The van der Waals surface area contributed by atoms with Crippen LogP contribution in [0, 0.1) is 0 Å². The van der Waals surface area contributed by atoms with Gasteiger partial charge in [0.05, 0.1) is 0 Å². The Kier molecular flexibility index (Phi) is 4.76. The van der Waals surface area contributed by atoms with Gasteiger partial charge in [0, 0.05) is 0 Å². The van der Waals surface area contributed by atoms with Crippen LogP contribution in [-0.4, -0.2) is 42.3 Å². The number of aliphatic carboxylic acids is 1. The van der Waals surface area contributed by atoms with E-state index in [1.165, 1.54) is 25.9 Å². The third-order valence-corrected chi connectivity index (χ3v) is 1.57. The molecule has 1 fully saturated rings. The van der Waals surface area contributed by atoms with Crippen molar-refractivity contribution in [2.24, 2.45) is 0 Å². The summed E-state index contributed by atoms with van der Waals surface area (Å²) < 4.78 is 31.7. The Morgan fingerprint density at radius 1 is 1.31 bits per heavy atom. The molecule has 1 saturated heterocycles. The predicted octanol–water partition coefficient (Wildman–Crippen LogP) is 1.35. The van der Waals surface area contributed by atoms with E-state index in [0.717, 1.165) is 0 Å². The Bertz CT molecular complexity index is 164. The van der Waals surface area contributed by atoms with Crippen molar-refractivity contribution < 1.29 is 23.1 Å². The van der Waals surface area contributed by atoms with Crippen LogP contribution in [0.15, 0.2) is 0 Å². The highest BCUT2D eigenvalue weighted by atomic mass is 19.4. The van der Waals surface area contributed by atoms with Crippen LogP contribution in [0.3, 0.4) is 0 Å². The molecule has 1 aliphatic heterocycles. The van der Waals surface area contributed by atoms with Crippen LogP contribution in [-0.2, 0) is 4.79 Å². The maximum absolute atomic E-state index is 10.6. The van der Waals surface area contributed by atoms with Gasteiger partial charge in [0.15, 0.2) is 0 Å². The number of hydrogen-bond donors (Lipinski definition) is 1. The summed E-state index contributed by atoms with van der Waals surface area (Å²) in [5.74, 6) is -2.76. The summed E-state index contributed by atoms with van der Waals surface area (Å²) in [6, 6.07) is 0. The van der Waals surface area contributed by atoms with E-state index in [-0.39, 0.29) is 0 Å². The maximum Gasteiger partial charge on any atom is 0.490 e. The van der Waals surface area contributed by atoms with Gasteiger partial charge in [-0.15, -0.1) is 0 Å². The molecule has 0 amide bonds. The molecule has 1 heterocycles. The van der Waals surface area contributed by atoms with Crippen molar-refractivity contribution in [2.75, 3.05) is 20.1 Å². The molecule has 0 atom stereocenters. The van der Waals surface area contributed by atoms with E-state index < -0.39 is 12.1 Å². The summed E-state index contributed by atoms with van der Waals surface area (Å²) in [6.45, 7) is 2.64. The van der Waals surface area contributed by atoms with E-state index >= 15 is 0 Å². The summed E-state index contributed by atoms with van der Waals surface area (Å²) in [5.41, 5.74) is 0. The van der Waals surface area contributed by atoms with Crippen molar-refractivity contribution in [3.63, 3.8) is 0 Å². The van der Waals surface area contributed by atoms with Crippen LogP contribution in [0.25, 0.3) is 0 Å². The smallest absolute Gasteiger partial charge is 0.475 e. The first-order valence-corrected chi connectivity index (χ1v) is 3.82. The molecule has 78 valence electrons. The first kappa shape index (κ1) is 12.2. The lowest BCUT2D eigenvalue weighted by Crippen LogP contribution is -2.21. The second kappa shape index (κ2) is 5.06. The van der Waals surface area contributed by atoms with E-state index in [2.05, 4.69) is 11.9 Å². The Labute approximate surface area is 74.1 Å². The fraction of sp³-hybridized carbons (Fsp3) is 0.857. The van der Waals surface area contributed by atoms with Gasteiger partial charge in [0.1, 0.15) is 0 Å². The molecule has 0 bridgehead atoms. The minimum atomic E-state index is -5.08. The molecule has 0 unspecified atom stereocenters. The molecule has 0 aromatic rings. The van der Waals surface area contributed by atoms with Gasteiger partial charge in [-0.3, -0.25) is 0 Å². The topological polar surface area (TPSA) is 40.5 Å². The van der Waals surface area contributed by atoms with E-state index in [4.69, 9.17) is 9.90 Å². The number of carboxylic acid groups (broad SMARTS) is 1. The minimum absolute atomic E-state index is 1.32. The Morgan fingerprint density at radius 3 is 1.69 bits per heavy atom. The quantitative estimate of drug-likeness (QED) is 0.640. The fourth-order valence-corrected chi connectivity index (χ4v) is 0.875. The van der Waals surface area contributed by atoms with Crippen LogP contribution in [0.4, 0.5) is 13.2 Å². The van der Waals surface area contributed by atoms with Crippen molar-refractivity contribution in [1.82, 2.24) is 4.90 Å². The number of alkyl halides is 3. The van der Waals surface area contributed by atoms with Gasteiger partial charge in [-0.05, 0) is 33.0 Å². The van der Waals surface area contributed by atoms with Crippen molar-refractivity contribution in [2.45, 2.75) is 19.0 Å². The molecule has 1 aliphatic rings. The van der Waals surface area contributed by atoms with E-state index in [0.29, 0.717) is 0 Å². The van der Waals surface area contributed by atoms with Gasteiger partial charge in [-0.2, -0.15) is 13.2 Å². The van der Waals surface area contributed by atoms with E-state index in [1.807, 2.05) is 0 Å². The average Bonchev–Trinajstić information content (AvgIpc) is 2.38. The van der Waals surface area contributed by atoms with E-state index in [1.54, 1.807) is 0 Å². The number of nitrogens with zero attached hydrogens (tertiary/aromatic N) is 1. The Morgan fingerprint density at radius 2 is 1.62 bits per heavy atom. The normalized spacial score (nSPS) is 17.8. The van der Waals surface area contributed by atoms with Gasteiger partial charge in [-0.25, -0.2) is 4.79 Å². The molecule has 0 spiro atoms. The second-order valence-electron chi connectivity index (χ2n) is 2.81. The third kappa shape index (κ3) is 6.39. The highest BCUT2D eigenvalue weighted by Gasteiger charge is 2.38. The van der Waals surface area contributed by atoms with Crippen LogP contribution in [0.1, 0.15) is 12.8 Å². The first-order valence-electron chi connectivity index (χ1n) is 3.82. The predicted molar refractivity (Wildman–Crippen MR) is 40.4 cm³/mol. The van der Waals surface area contributed by atoms with Crippen LogP contribution in [0.5, 0.6) is 0 Å². The molecule has 0 aromatic carbocycles. The zero-order valence-electron chi connectivity index (χ0n) is 7.26. The van der Waals surface area contributed by atoms with E-state index in [9.17, 15) is 13.2 Å². The lowest BCUT2D eigenvalue weighted by molar-refractivity contribution is -0.192. The van der Waals surface area contributed by atoms with Gasteiger partial charge in [-0.1, -0.05) is 0 Å². The molecule has 13 heavy (non-hydrogen) atoms. The van der Waals surface area contributed by atoms with Crippen LogP contribution >= 0.6 is 0 Å². The molecule has 0 aliphatic carbocycles. The van der Waals surface area contributed by atoms with Crippen molar-refractivity contribution in [1.29, 1.82) is 0 Å². The lowest BCUT2D eigenvalue weighted by Gasteiger charge is -2.01. The molecular weight excluding hydrogens is 187 g/mol. The highest BCUT2D eigenvalue weighted by molar-refractivity contribution is 5.73. The zero-order chi connectivity index (χ0) is 10.5. The summed E-state index contributed by atoms with van der Waals surface area (Å²) >= 11 is 0. The monoisotopic (exact) mass is 199 g/mol. The molecule has 1 N–H and O–H groups in total. The second-order valence-corrected chi connectivity index (χ2v) is 2.81. The number of carbonyl (C=O) groups is 1. The minimum Gasteiger partial charge on any atom is -0.475 e. The summed E-state index contributed by atoms with van der Waals surface area (Å²) in [7, 11) is 2.17. The molecular formula is C7H12F3NO2. The molecule has 3 nitrogen and oxygen atoms in total. The molecule has 6 heteroatoms. The van der Waals surface area contributed by atoms with Gasteiger partial charge < -0.3 is 10.0 Å². The number of rotatable bonds is 0. The third-order valence-electron chi connectivity index (χ3n) is 1.57. The Hall–Kier alpha value is -0.780. The SMILES string of the molecule is CN1CCCC1.O=C(O)C(F)(F)F.